The first-order valence-corrected chi connectivity index (χ1v) is 6.45. The third kappa shape index (κ3) is 3.25. The van der Waals surface area contributed by atoms with Crippen molar-refractivity contribution in [2.75, 3.05) is 13.2 Å². The van der Waals surface area contributed by atoms with Gasteiger partial charge in [-0.25, -0.2) is 0 Å². The van der Waals surface area contributed by atoms with Gasteiger partial charge in [0, 0.05) is 17.4 Å². The van der Waals surface area contributed by atoms with E-state index in [1.165, 1.54) is 0 Å². The van der Waals surface area contributed by atoms with Gasteiger partial charge in [-0.15, -0.1) is 0 Å². The van der Waals surface area contributed by atoms with Crippen LogP contribution in [0.4, 0.5) is 0 Å². The molecule has 0 spiro atoms. The highest BCUT2D eigenvalue weighted by atomic mass is 16.5. The number of carbonyl (C=O) groups is 1. The van der Waals surface area contributed by atoms with Gasteiger partial charge < -0.3 is 9.47 Å². The molecule has 1 aromatic rings. The summed E-state index contributed by atoms with van der Waals surface area (Å²) >= 11 is 0. The summed E-state index contributed by atoms with van der Waals surface area (Å²) in [5, 5.41) is 8.78. The second kappa shape index (κ2) is 5.75. The third-order valence-electron chi connectivity index (χ3n) is 3.35. The Balaban J connectivity index is 2.07. The molecular formula is C15H17NO3. The quantitative estimate of drug-likeness (QED) is 0.706. The monoisotopic (exact) mass is 259 g/mol. The van der Waals surface area contributed by atoms with Crippen LogP contribution in [0.1, 0.15) is 36.5 Å². The van der Waals surface area contributed by atoms with Gasteiger partial charge in [-0.05, 0) is 38.0 Å². The molecule has 0 bridgehead atoms. The van der Waals surface area contributed by atoms with Gasteiger partial charge in [0.1, 0.15) is 6.29 Å². The van der Waals surface area contributed by atoms with Crippen molar-refractivity contribution in [1.29, 1.82) is 5.26 Å². The van der Waals surface area contributed by atoms with Crippen molar-refractivity contribution >= 4 is 6.29 Å². The summed E-state index contributed by atoms with van der Waals surface area (Å²) in [5.74, 6) is 1.22. The Bertz CT molecular complexity index is 501. The molecule has 0 aliphatic heterocycles. The van der Waals surface area contributed by atoms with E-state index in [4.69, 9.17) is 14.7 Å². The van der Waals surface area contributed by atoms with Crippen LogP contribution in [0, 0.1) is 16.7 Å². The summed E-state index contributed by atoms with van der Waals surface area (Å²) in [6, 6.07) is 7.33. The number of ether oxygens (including phenoxy) is 2. The lowest BCUT2D eigenvalue weighted by Gasteiger charge is -2.16. The zero-order chi connectivity index (χ0) is 13.7. The van der Waals surface area contributed by atoms with E-state index >= 15 is 0 Å². The predicted molar refractivity (Wildman–Crippen MR) is 70.4 cm³/mol. The van der Waals surface area contributed by atoms with Crippen molar-refractivity contribution in [3.63, 3.8) is 0 Å². The second-order valence-corrected chi connectivity index (χ2v) is 4.88. The van der Waals surface area contributed by atoms with Crippen molar-refractivity contribution < 1.29 is 14.3 Å². The van der Waals surface area contributed by atoms with Gasteiger partial charge in [-0.1, -0.05) is 0 Å². The van der Waals surface area contributed by atoms with E-state index in [9.17, 15) is 4.79 Å². The average Bonchev–Trinajstić information content (AvgIpc) is 3.18. The molecule has 1 aromatic carbocycles. The van der Waals surface area contributed by atoms with Crippen LogP contribution in [0.2, 0.25) is 0 Å². The molecular weight excluding hydrogens is 242 g/mol. The SMILES string of the molecule is CCOc1cc(C=O)ccc1OCC1(CC#N)CC1. The summed E-state index contributed by atoms with van der Waals surface area (Å²) in [4.78, 5) is 10.8. The molecule has 0 saturated heterocycles. The molecule has 0 heterocycles. The van der Waals surface area contributed by atoms with E-state index in [1.807, 2.05) is 6.92 Å². The maximum atomic E-state index is 10.8. The van der Waals surface area contributed by atoms with E-state index < -0.39 is 0 Å². The van der Waals surface area contributed by atoms with E-state index in [1.54, 1.807) is 18.2 Å². The standard InChI is InChI=1S/C15H17NO3/c1-2-18-14-9-12(10-17)3-4-13(14)19-11-15(5-6-15)7-8-16/h3-4,9-10H,2,5-7,11H2,1H3. The van der Waals surface area contributed by atoms with Gasteiger partial charge >= 0.3 is 0 Å². The smallest absolute Gasteiger partial charge is 0.161 e. The first-order chi connectivity index (χ1) is 9.23. The fraction of sp³-hybridized carbons (Fsp3) is 0.467. The van der Waals surface area contributed by atoms with E-state index in [2.05, 4.69) is 6.07 Å². The molecule has 1 saturated carbocycles. The highest BCUT2D eigenvalue weighted by Gasteiger charge is 2.43. The Kier molecular flexibility index (Phi) is 4.06. The van der Waals surface area contributed by atoms with E-state index in [0.29, 0.717) is 36.7 Å². The molecule has 19 heavy (non-hydrogen) atoms. The maximum absolute atomic E-state index is 10.8. The van der Waals surface area contributed by atoms with Crippen LogP contribution < -0.4 is 9.47 Å². The number of nitrogens with zero attached hydrogens (tertiary/aromatic N) is 1. The Hall–Kier alpha value is -2.02. The highest BCUT2D eigenvalue weighted by molar-refractivity contribution is 5.76. The van der Waals surface area contributed by atoms with E-state index in [-0.39, 0.29) is 5.41 Å². The number of aldehydes is 1. The van der Waals surface area contributed by atoms with Gasteiger partial charge in [0.05, 0.1) is 19.3 Å². The zero-order valence-electron chi connectivity index (χ0n) is 11.0. The fourth-order valence-electron chi connectivity index (χ4n) is 1.93. The van der Waals surface area contributed by atoms with E-state index in [0.717, 1.165) is 19.1 Å². The van der Waals surface area contributed by atoms with Crippen LogP contribution in [0.3, 0.4) is 0 Å². The predicted octanol–water partition coefficient (Wildman–Crippen LogP) is 2.97. The second-order valence-electron chi connectivity index (χ2n) is 4.88. The number of nitriles is 1. The number of hydrogen-bond acceptors (Lipinski definition) is 4. The van der Waals surface area contributed by atoms with Gasteiger partial charge in [0.25, 0.3) is 0 Å². The molecule has 0 radical (unpaired) electrons. The number of rotatable bonds is 7. The largest absolute Gasteiger partial charge is 0.490 e. The number of carbonyl (C=O) groups excluding carboxylic acids is 1. The normalized spacial score (nSPS) is 15.4. The Labute approximate surface area is 112 Å². The molecule has 1 aliphatic carbocycles. The summed E-state index contributed by atoms with van der Waals surface area (Å²) < 4.78 is 11.3. The van der Waals surface area contributed by atoms with Gasteiger partial charge in [0.15, 0.2) is 11.5 Å². The first kappa shape index (κ1) is 13.4. The molecule has 100 valence electrons. The summed E-state index contributed by atoms with van der Waals surface area (Å²) in [6.45, 7) is 2.93. The van der Waals surface area contributed by atoms with Gasteiger partial charge in [-0.2, -0.15) is 5.26 Å². The highest BCUT2D eigenvalue weighted by Crippen LogP contribution is 2.49. The minimum Gasteiger partial charge on any atom is -0.490 e. The Morgan fingerprint density at radius 1 is 1.37 bits per heavy atom. The molecule has 4 nitrogen and oxygen atoms in total. The van der Waals surface area contributed by atoms with Crippen LogP contribution in [0.5, 0.6) is 11.5 Å². The minimum absolute atomic E-state index is 0.0293. The van der Waals surface area contributed by atoms with Crippen molar-refractivity contribution in [3.05, 3.63) is 23.8 Å². The van der Waals surface area contributed by atoms with Gasteiger partial charge in [0.2, 0.25) is 0 Å². The van der Waals surface area contributed by atoms with Crippen molar-refractivity contribution in [2.45, 2.75) is 26.2 Å². The molecule has 4 heteroatoms. The molecule has 0 aromatic heterocycles. The lowest BCUT2D eigenvalue weighted by molar-refractivity contribution is 0.112. The van der Waals surface area contributed by atoms with Crippen LogP contribution in [0.15, 0.2) is 18.2 Å². The topological polar surface area (TPSA) is 59.3 Å². The Morgan fingerprint density at radius 2 is 2.16 bits per heavy atom. The van der Waals surface area contributed by atoms with Crippen LogP contribution in [-0.2, 0) is 0 Å². The van der Waals surface area contributed by atoms with Crippen LogP contribution in [-0.4, -0.2) is 19.5 Å². The third-order valence-corrected chi connectivity index (χ3v) is 3.35. The molecule has 0 atom stereocenters. The molecule has 1 fully saturated rings. The van der Waals surface area contributed by atoms with Crippen LogP contribution in [0.25, 0.3) is 0 Å². The number of hydrogen-bond donors (Lipinski definition) is 0. The minimum atomic E-state index is 0.0293. The molecule has 0 N–H and O–H groups in total. The summed E-state index contributed by atoms with van der Waals surface area (Å²) in [7, 11) is 0. The maximum Gasteiger partial charge on any atom is 0.161 e. The fourth-order valence-corrected chi connectivity index (χ4v) is 1.93. The lowest BCUT2D eigenvalue weighted by Crippen LogP contribution is -2.13. The van der Waals surface area contributed by atoms with Crippen LogP contribution >= 0.6 is 0 Å². The molecule has 2 rings (SSSR count). The van der Waals surface area contributed by atoms with Crippen molar-refractivity contribution in [2.24, 2.45) is 5.41 Å². The summed E-state index contributed by atoms with van der Waals surface area (Å²) in [6.07, 6.45) is 3.39. The zero-order valence-corrected chi connectivity index (χ0v) is 11.0. The Morgan fingerprint density at radius 3 is 2.74 bits per heavy atom. The van der Waals surface area contributed by atoms with Crippen molar-refractivity contribution in [1.82, 2.24) is 0 Å². The summed E-state index contributed by atoms with van der Waals surface area (Å²) in [5.41, 5.74) is 0.593. The van der Waals surface area contributed by atoms with Gasteiger partial charge in [-0.3, -0.25) is 4.79 Å². The average molecular weight is 259 g/mol. The molecule has 1 aliphatic rings. The molecule has 0 unspecified atom stereocenters. The molecule has 0 amide bonds. The lowest BCUT2D eigenvalue weighted by atomic mass is 10.1. The first-order valence-electron chi connectivity index (χ1n) is 6.45. The number of benzene rings is 1. The van der Waals surface area contributed by atoms with Crippen molar-refractivity contribution in [3.8, 4) is 17.6 Å².